The number of urea groups is 1. The number of hydrogen-bond donors (Lipinski definition) is 2. The first kappa shape index (κ1) is 25.6. The van der Waals surface area contributed by atoms with Gasteiger partial charge in [-0.15, -0.1) is 0 Å². The van der Waals surface area contributed by atoms with Crippen LogP contribution in [0.4, 0.5) is 10.5 Å². The number of amides is 4. The lowest BCUT2D eigenvalue weighted by Gasteiger charge is -2.36. The van der Waals surface area contributed by atoms with Crippen LogP contribution < -0.4 is 10.2 Å². The quantitative estimate of drug-likeness (QED) is 0.296. The third kappa shape index (κ3) is 4.14. The van der Waals surface area contributed by atoms with Gasteiger partial charge in [-0.2, -0.15) is 0 Å². The van der Waals surface area contributed by atoms with E-state index in [2.05, 4.69) is 23.3 Å². The Bertz CT molecular complexity index is 1680. The number of nitrogens with zero attached hydrogens (tertiary/aromatic N) is 2. The van der Waals surface area contributed by atoms with Gasteiger partial charge in [0, 0.05) is 29.1 Å². The number of aromatic nitrogens is 1. The zero-order valence-corrected chi connectivity index (χ0v) is 23.4. The molecule has 2 unspecified atom stereocenters. The molecule has 2 atom stereocenters. The molecule has 1 saturated carbocycles. The molecule has 1 aromatic heterocycles. The molecule has 7 heteroatoms. The SMILES string of the molecule is Cc1ccccc1C1c2[nH]c3ccccc3c2CC2C(=O)N(c3ccccc3C(=O)NC3CCC(C)CC3)C(=O)N21. The lowest BCUT2D eigenvalue weighted by molar-refractivity contribution is -0.120. The van der Waals surface area contributed by atoms with Crippen molar-refractivity contribution in [2.45, 2.75) is 64.1 Å². The van der Waals surface area contributed by atoms with Crippen LogP contribution in [-0.4, -0.2) is 39.8 Å². The Morgan fingerprint density at radius 2 is 1.61 bits per heavy atom. The second-order valence-electron chi connectivity index (χ2n) is 11.9. The molecule has 3 aromatic carbocycles. The number of nitrogens with one attached hydrogen (secondary N) is 2. The molecule has 0 radical (unpaired) electrons. The Morgan fingerprint density at radius 1 is 0.902 bits per heavy atom. The van der Waals surface area contributed by atoms with Crippen LogP contribution in [0.3, 0.4) is 0 Å². The Morgan fingerprint density at radius 3 is 2.41 bits per heavy atom. The number of imide groups is 1. The molecule has 1 saturated heterocycles. The smallest absolute Gasteiger partial charge is 0.332 e. The summed E-state index contributed by atoms with van der Waals surface area (Å²) in [4.78, 5) is 48.6. The van der Waals surface area contributed by atoms with Crippen LogP contribution in [0.25, 0.3) is 10.9 Å². The van der Waals surface area contributed by atoms with Gasteiger partial charge in [0.15, 0.2) is 0 Å². The summed E-state index contributed by atoms with van der Waals surface area (Å²) < 4.78 is 0. The molecule has 0 bridgehead atoms. The van der Waals surface area contributed by atoms with Crippen molar-refractivity contribution in [2.75, 3.05) is 4.90 Å². The van der Waals surface area contributed by atoms with E-state index in [4.69, 9.17) is 0 Å². The maximum absolute atomic E-state index is 14.4. The number of fused-ring (bicyclic) bond motifs is 4. The second kappa shape index (κ2) is 9.91. The van der Waals surface area contributed by atoms with E-state index in [0.29, 0.717) is 23.6 Å². The van der Waals surface area contributed by atoms with Crippen molar-refractivity contribution in [1.82, 2.24) is 15.2 Å². The molecule has 1 aliphatic carbocycles. The first-order valence-corrected chi connectivity index (χ1v) is 14.6. The van der Waals surface area contributed by atoms with Crippen LogP contribution in [0.1, 0.15) is 71.4 Å². The maximum atomic E-state index is 14.4. The van der Waals surface area contributed by atoms with Gasteiger partial charge in [0.05, 0.1) is 11.3 Å². The molecule has 4 aromatic rings. The van der Waals surface area contributed by atoms with E-state index in [0.717, 1.165) is 59.0 Å². The van der Waals surface area contributed by atoms with Gasteiger partial charge >= 0.3 is 6.03 Å². The zero-order chi connectivity index (χ0) is 28.2. The average Bonchev–Trinajstić information content (AvgIpc) is 3.48. The Labute approximate surface area is 239 Å². The molecule has 3 heterocycles. The highest BCUT2D eigenvalue weighted by Crippen LogP contribution is 2.45. The van der Waals surface area contributed by atoms with Gasteiger partial charge in [0.2, 0.25) is 0 Å². The molecule has 3 aliphatic rings. The highest BCUT2D eigenvalue weighted by molar-refractivity contribution is 6.24. The molecule has 2 fully saturated rings. The molecule has 2 N–H and O–H groups in total. The Kier molecular flexibility index (Phi) is 6.18. The maximum Gasteiger partial charge on any atom is 0.332 e. The van der Waals surface area contributed by atoms with Crippen molar-refractivity contribution < 1.29 is 14.4 Å². The van der Waals surface area contributed by atoms with Crippen LogP contribution in [0.5, 0.6) is 0 Å². The van der Waals surface area contributed by atoms with Gasteiger partial charge in [-0.1, -0.05) is 61.5 Å². The van der Waals surface area contributed by atoms with Crippen LogP contribution in [0.2, 0.25) is 0 Å². The number of H-pyrrole nitrogens is 1. The van der Waals surface area contributed by atoms with E-state index < -0.39 is 18.1 Å². The first-order chi connectivity index (χ1) is 19.9. The fourth-order valence-corrected chi connectivity index (χ4v) is 7.04. The van der Waals surface area contributed by atoms with Gasteiger partial charge in [-0.25, -0.2) is 9.69 Å². The molecule has 208 valence electrons. The predicted octanol–water partition coefficient (Wildman–Crippen LogP) is 6.27. The summed E-state index contributed by atoms with van der Waals surface area (Å²) in [5.74, 6) is 0.138. The fraction of sp³-hybridized carbons (Fsp3) is 0.324. The third-order valence-electron chi connectivity index (χ3n) is 9.27. The number of para-hydroxylation sites is 2. The third-order valence-corrected chi connectivity index (χ3v) is 9.27. The number of aromatic amines is 1. The van der Waals surface area contributed by atoms with Crippen molar-refractivity contribution >= 4 is 34.4 Å². The topological polar surface area (TPSA) is 85.5 Å². The van der Waals surface area contributed by atoms with Crippen LogP contribution in [-0.2, 0) is 11.2 Å². The first-order valence-electron chi connectivity index (χ1n) is 14.6. The largest absolute Gasteiger partial charge is 0.356 e. The molecule has 4 amide bonds. The summed E-state index contributed by atoms with van der Waals surface area (Å²) in [6.07, 6.45) is 4.47. The van der Waals surface area contributed by atoms with Crippen molar-refractivity contribution in [2.24, 2.45) is 5.92 Å². The average molecular weight is 547 g/mol. The van der Waals surface area contributed by atoms with E-state index in [9.17, 15) is 14.4 Å². The minimum Gasteiger partial charge on any atom is -0.356 e. The summed E-state index contributed by atoms with van der Waals surface area (Å²) in [6, 6.07) is 21.7. The monoisotopic (exact) mass is 546 g/mol. The summed E-state index contributed by atoms with van der Waals surface area (Å²) in [5.41, 5.74) is 5.72. The van der Waals surface area contributed by atoms with E-state index in [-0.39, 0.29) is 17.9 Å². The Balaban J connectivity index is 1.29. The van der Waals surface area contributed by atoms with Crippen molar-refractivity contribution in [3.63, 3.8) is 0 Å². The molecule has 2 aliphatic heterocycles. The van der Waals surface area contributed by atoms with Crippen molar-refractivity contribution in [1.29, 1.82) is 0 Å². The highest BCUT2D eigenvalue weighted by Gasteiger charge is 2.53. The van der Waals surface area contributed by atoms with E-state index in [1.165, 1.54) is 4.90 Å². The molecule has 7 rings (SSSR count). The summed E-state index contributed by atoms with van der Waals surface area (Å²) in [5, 5.41) is 4.25. The standard InChI is InChI=1S/C34H34N4O3/c1-20-15-17-22(18-16-20)35-32(39)25-12-6-8-14-28(25)38-33(40)29-19-26-24-11-5-7-13-27(24)36-30(26)31(37(29)34(38)41)23-10-4-3-9-21(23)2/h3-14,20,22,29,31,36H,15-19H2,1-2H3,(H,35,39). The minimum atomic E-state index is -0.672. The van der Waals surface area contributed by atoms with Crippen LogP contribution >= 0.6 is 0 Å². The zero-order valence-electron chi connectivity index (χ0n) is 23.4. The summed E-state index contributed by atoms with van der Waals surface area (Å²) in [7, 11) is 0. The van der Waals surface area contributed by atoms with Gasteiger partial charge in [0.25, 0.3) is 11.8 Å². The lowest BCUT2D eigenvalue weighted by atomic mass is 9.87. The molecular weight excluding hydrogens is 512 g/mol. The molecule has 0 spiro atoms. The van der Waals surface area contributed by atoms with Gasteiger partial charge in [0.1, 0.15) is 12.1 Å². The van der Waals surface area contributed by atoms with Crippen LogP contribution in [0, 0.1) is 12.8 Å². The number of benzene rings is 3. The number of anilines is 1. The van der Waals surface area contributed by atoms with Gasteiger partial charge in [-0.3, -0.25) is 14.5 Å². The number of carbonyl (C=O) groups excluding carboxylic acids is 3. The van der Waals surface area contributed by atoms with E-state index in [1.807, 2.05) is 49.4 Å². The molecule has 41 heavy (non-hydrogen) atoms. The van der Waals surface area contributed by atoms with Crippen molar-refractivity contribution in [3.05, 3.63) is 101 Å². The number of aryl methyl sites for hydroxylation is 1. The van der Waals surface area contributed by atoms with Crippen LogP contribution in [0.15, 0.2) is 72.8 Å². The number of rotatable bonds is 4. The molecule has 7 nitrogen and oxygen atoms in total. The van der Waals surface area contributed by atoms with E-state index in [1.54, 1.807) is 29.2 Å². The summed E-state index contributed by atoms with van der Waals surface area (Å²) >= 11 is 0. The fourth-order valence-electron chi connectivity index (χ4n) is 7.04. The van der Waals surface area contributed by atoms with E-state index >= 15 is 0 Å². The second-order valence-corrected chi connectivity index (χ2v) is 11.9. The van der Waals surface area contributed by atoms with Gasteiger partial charge in [-0.05, 0) is 73.4 Å². The highest BCUT2D eigenvalue weighted by atomic mass is 16.2. The number of carbonyl (C=O) groups is 3. The molecular formula is C34H34N4O3. The normalized spacial score (nSPS) is 24.0. The Hall–Kier alpha value is -4.39. The minimum absolute atomic E-state index is 0.104. The number of hydrogen-bond acceptors (Lipinski definition) is 3. The summed E-state index contributed by atoms with van der Waals surface area (Å²) in [6.45, 7) is 4.28. The lowest BCUT2D eigenvalue weighted by Crippen LogP contribution is -2.44. The predicted molar refractivity (Wildman–Crippen MR) is 159 cm³/mol. The van der Waals surface area contributed by atoms with Gasteiger partial charge < -0.3 is 10.3 Å². The van der Waals surface area contributed by atoms with Crippen molar-refractivity contribution in [3.8, 4) is 0 Å².